The standard InChI is InChI=1S/C19H17N7O2/c27-19(25-8-10-28-11-9-25)13-4-3-5-14(12-13)20-17-18-22-23-24-26(18)16-7-2-1-6-15(16)21-17/h1-7,12H,8-11H2,(H,20,21). The molecule has 0 radical (unpaired) electrons. The van der Waals surface area contributed by atoms with E-state index >= 15 is 0 Å². The number of ether oxygens (including phenoxy) is 1. The van der Waals surface area contributed by atoms with Crippen LogP contribution in [0.5, 0.6) is 0 Å². The molecule has 0 unspecified atom stereocenters. The second-order valence-electron chi connectivity index (χ2n) is 6.47. The monoisotopic (exact) mass is 375 g/mol. The third-order valence-corrected chi connectivity index (χ3v) is 4.69. The van der Waals surface area contributed by atoms with Crippen LogP contribution in [0.25, 0.3) is 16.7 Å². The maximum Gasteiger partial charge on any atom is 0.254 e. The molecule has 0 bridgehead atoms. The Labute approximate surface area is 159 Å². The van der Waals surface area contributed by atoms with Crippen molar-refractivity contribution in [3.8, 4) is 0 Å². The first-order valence-corrected chi connectivity index (χ1v) is 9.00. The number of fused-ring (bicyclic) bond motifs is 3. The van der Waals surface area contributed by atoms with Crippen molar-refractivity contribution in [1.29, 1.82) is 0 Å². The second-order valence-corrected chi connectivity index (χ2v) is 6.47. The molecule has 1 fully saturated rings. The molecule has 1 aliphatic heterocycles. The van der Waals surface area contributed by atoms with E-state index in [4.69, 9.17) is 4.74 Å². The molecule has 0 spiro atoms. The van der Waals surface area contributed by atoms with Crippen molar-refractivity contribution in [3.63, 3.8) is 0 Å². The molecular formula is C19H17N7O2. The average Bonchev–Trinajstić information content (AvgIpc) is 3.25. The van der Waals surface area contributed by atoms with Crippen LogP contribution in [0.4, 0.5) is 11.5 Å². The molecule has 1 saturated heterocycles. The first kappa shape index (κ1) is 16.6. The number of anilines is 2. The summed E-state index contributed by atoms with van der Waals surface area (Å²) in [6.45, 7) is 2.36. The minimum atomic E-state index is -0.00675. The van der Waals surface area contributed by atoms with Crippen molar-refractivity contribution < 1.29 is 9.53 Å². The zero-order valence-electron chi connectivity index (χ0n) is 14.9. The first-order valence-electron chi connectivity index (χ1n) is 9.00. The van der Waals surface area contributed by atoms with Crippen molar-refractivity contribution in [2.45, 2.75) is 0 Å². The van der Waals surface area contributed by atoms with E-state index in [2.05, 4.69) is 25.8 Å². The summed E-state index contributed by atoms with van der Waals surface area (Å²) in [5.41, 5.74) is 3.47. The smallest absolute Gasteiger partial charge is 0.254 e. The molecule has 0 saturated carbocycles. The number of benzene rings is 2. The van der Waals surface area contributed by atoms with E-state index in [9.17, 15) is 4.79 Å². The second kappa shape index (κ2) is 6.86. The number of tetrazole rings is 1. The first-order chi connectivity index (χ1) is 13.8. The molecule has 28 heavy (non-hydrogen) atoms. The average molecular weight is 375 g/mol. The predicted molar refractivity (Wildman–Crippen MR) is 103 cm³/mol. The maximum absolute atomic E-state index is 12.7. The van der Waals surface area contributed by atoms with Crippen LogP contribution in [-0.2, 0) is 4.74 Å². The Morgan fingerprint density at radius 3 is 2.82 bits per heavy atom. The van der Waals surface area contributed by atoms with Crippen LogP contribution < -0.4 is 5.32 Å². The lowest BCUT2D eigenvalue weighted by Crippen LogP contribution is -2.40. The van der Waals surface area contributed by atoms with Crippen molar-refractivity contribution in [3.05, 3.63) is 54.1 Å². The fraction of sp³-hybridized carbons (Fsp3) is 0.211. The molecule has 1 amide bonds. The van der Waals surface area contributed by atoms with Gasteiger partial charge in [0.25, 0.3) is 5.91 Å². The number of hydrogen-bond donors (Lipinski definition) is 1. The Morgan fingerprint density at radius 1 is 1.07 bits per heavy atom. The van der Waals surface area contributed by atoms with E-state index in [1.165, 1.54) is 0 Å². The number of nitrogens with zero attached hydrogens (tertiary/aromatic N) is 6. The fourth-order valence-electron chi connectivity index (χ4n) is 3.30. The van der Waals surface area contributed by atoms with Gasteiger partial charge in [-0.15, -0.1) is 5.10 Å². The Hall–Kier alpha value is -3.59. The lowest BCUT2D eigenvalue weighted by Gasteiger charge is -2.27. The summed E-state index contributed by atoms with van der Waals surface area (Å²) in [6.07, 6.45) is 0. The normalized spacial score (nSPS) is 14.5. The van der Waals surface area contributed by atoms with Gasteiger partial charge in [-0.05, 0) is 40.8 Å². The predicted octanol–water partition coefficient (Wildman–Crippen LogP) is 1.89. The molecular weight excluding hydrogens is 358 g/mol. The van der Waals surface area contributed by atoms with E-state index in [-0.39, 0.29) is 5.91 Å². The minimum absolute atomic E-state index is 0.00675. The van der Waals surface area contributed by atoms with Crippen LogP contribution in [0.2, 0.25) is 0 Å². The van der Waals surface area contributed by atoms with Gasteiger partial charge in [-0.1, -0.05) is 18.2 Å². The third-order valence-electron chi connectivity index (χ3n) is 4.69. The van der Waals surface area contributed by atoms with Gasteiger partial charge in [-0.2, -0.15) is 4.52 Å². The van der Waals surface area contributed by atoms with Gasteiger partial charge >= 0.3 is 0 Å². The number of amides is 1. The molecule has 0 aliphatic carbocycles. The summed E-state index contributed by atoms with van der Waals surface area (Å²) in [4.78, 5) is 19.2. The molecule has 5 rings (SSSR count). The molecule has 0 atom stereocenters. The van der Waals surface area contributed by atoms with E-state index < -0.39 is 0 Å². The van der Waals surface area contributed by atoms with Crippen LogP contribution in [0.3, 0.4) is 0 Å². The number of carbonyl (C=O) groups is 1. The summed E-state index contributed by atoms with van der Waals surface area (Å²) in [6, 6.07) is 15.0. The lowest BCUT2D eigenvalue weighted by molar-refractivity contribution is 0.0303. The third kappa shape index (κ3) is 2.91. The molecule has 140 valence electrons. The van der Waals surface area contributed by atoms with E-state index in [0.29, 0.717) is 43.3 Å². The number of rotatable bonds is 3. The number of morpholine rings is 1. The molecule has 3 heterocycles. The van der Waals surface area contributed by atoms with Crippen LogP contribution in [0.1, 0.15) is 10.4 Å². The van der Waals surface area contributed by atoms with Gasteiger partial charge in [-0.25, -0.2) is 4.98 Å². The quantitative estimate of drug-likeness (QED) is 0.584. The van der Waals surface area contributed by atoms with Gasteiger partial charge in [0.2, 0.25) is 5.65 Å². The zero-order chi connectivity index (χ0) is 18.9. The Morgan fingerprint density at radius 2 is 1.93 bits per heavy atom. The molecule has 9 nitrogen and oxygen atoms in total. The highest BCUT2D eigenvalue weighted by molar-refractivity contribution is 5.95. The topological polar surface area (TPSA) is 97.5 Å². The Kier molecular flexibility index (Phi) is 4.06. The Bertz CT molecular complexity index is 1170. The van der Waals surface area contributed by atoms with E-state index in [1.807, 2.05) is 48.5 Å². The zero-order valence-corrected chi connectivity index (χ0v) is 14.9. The van der Waals surface area contributed by atoms with Crippen molar-refractivity contribution in [1.82, 2.24) is 29.9 Å². The van der Waals surface area contributed by atoms with Crippen LogP contribution in [0, 0.1) is 0 Å². The van der Waals surface area contributed by atoms with Gasteiger partial charge in [0.05, 0.1) is 24.2 Å². The van der Waals surface area contributed by atoms with Crippen molar-refractivity contribution in [2.75, 3.05) is 31.6 Å². The highest BCUT2D eigenvalue weighted by Gasteiger charge is 2.19. The lowest BCUT2D eigenvalue weighted by atomic mass is 10.1. The molecule has 2 aromatic carbocycles. The highest BCUT2D eigenvalue weighted by Crippen LogP contribution is 2.23. The van der Waals surface area contributed by atoms with Crippen molar-refractivity contribution in [2.24, 2.45) is 0 Å². The largest absolute Gasteiger partial charge is 0.378 e. The molecule has 4 aromatic rings. The molecule has 9 heteroatoms. The van der Waals surface area contributed by atoms with Crippen molar-refractivity contribution >= 4 is 34.1 Å². The van der Waals surface area contributed by atoms with E-state index in [1.54, 1.807) is 9.42 Å². The van der Waals surface area contributed by atoms with Crippen LogP contribution in [0.15, 0.2) is 48.5 Å². The number of carbonyl (C=O) groups excluding carboxylic acids is 1. The number of aromatic nitrogens is 5. The SMILES string of the molecule is O=C(c1cccc(Nc2nc3ccccc3n3nnnc23)c1)N1CCOCC1. The molecule has 1 aliphatic rings. The number of para-hydroxylation sites is 2. The summed E-state index contributed by atoms with van der Waals surface area (Å²) in [5, 5.41) is 15.2. The van der Waals surface area contributed by atoms with Crippen LogP contribution >= 0.6 is 0 Å². The minimum Gasteiger partial charge on any atom is -0.378 e. The highest BCUT2D eigenvalue weighted by atomic mass is 16.5. The Balaban J connectivity index is 1.49. The summed E-state index contributed by atoms with van der Waals surface area (Å²) in [5.74, 6) is 0.521. The molecule has 1 N–H and O–H groups in total. The maximum atomic E-state index is 12.7. The van der Waals surface area contributed by atoms with Gasteiger partial charge < -0.3 is 15.0 Å². The molecule has 2 aromatic heterocycles. The number of hydrogen-bond acceptors (Lipinski definition) is 7. The van der Waals surface area contributed by atoms with Gasteiger partial charge in [-0.3, -0.25) is 4.79 Å². The summed E-state index contributed by atoms with van der Waals surface area (Å²) < 4.78 is 6.97. The summed E-state index contributed by atoms with van der Waals surface area (Å²) in [7, 11) is 0. The summed E-state index contributed by atoms with van der Waals surface area (Å²) >= 11 is 0. The van der Waals surface area contributed by atoms with Gasteiger partial charge in [0.1, 0.15) is 0 Å². The fourth-order valence-corrected chi connectivity index (χ4v) is 3.30. The van der Waals surface area contributed by atoms with Gasteiger partial charge in [0, 0.05) is 24.3 Å². The van der Waals surface area contributed by atoms with Crippen LogP contribution in [-0.4, -0.2) is 62.1 Å². The van der Waals surface area contributed by atoms with E-state index in [0.717, 1.165) is 16.7 Å². The number of nitrogens with one attached hydrogen (secondary N) is 1. The van der Waals surface area contributed by atoms with Gasteiger partial charge in [0.15, 0.2) is 5.82 Å².